The van der Waals surface area contributed by atoms with Crippen molar-refractivity contribution < 1.29 is 0 Å². The highest BCUT2D eigenvalue weighted by Crippen LogP contribution is 2.49. The molecule has 1 aromatic heterocycles. The summed E-state index contributed by atoms with van der Waals surface area (Å²) >= 11 is 0. The third-order valence-electron chi connectivity index (χ3n) is 5.22. The highest BCUT2D eigenvalue weighted by Gasteiger charge is 2.31. The zero-order chi connectivity index (χ0) is 15.6. The van der Waals surface area contributed by atoms with E-state index in [2.05, 4.69) is 81.8 Å². The summed E-state index contributed by atoms with van der Waals surface area (Å²) in [6.07, 6.45) is 0. The minimum Gasteiger partial charge on any atom is -0.343 e. The van der Waals surface area contributed by atoms with Crippen LogP contribution in [0.1, 0.15) is 50.3 Å². The van der Waals surface area contributed by atoms with Gasteiger partial charge in [0.05, 0.1) is 5.69 Å². The number of rotatable bonds is 0. The van der Waals surface area contributed by atoms with Gasteiger partial charge in [-0.3, -0.25) is 0 Å². The molecule has 1 heteroatoms. The van der Waals surface area contributed by atoms with Gasteiger partial charge in [0.25, 0.3) is 0 Å². The lowest BCUT2D eigenvalue weighted by atomic mass is 9.85. The van der Waals surface area contributed by atoms with E-state index in [9.17, 15) is 0 Å². The molecule has 0 saturated carbocycles. The zero-order valence-electron chi connectivity index (χ0n) is 14.1. The van der Waals surface area contributed by atoms with Crippen molar-refractivity contribution in [2.24, 2.45) is 7.05 Å². The van der Waals surface area contributed by atoms with E-state index in [0.717, 1.165) is 0 Å². The first kappa shape index (κ1) is 13.6. The maximum Gasteiger partial charge on any atom is 0.0530 e. The molecule has 112 valence electrons. The molecule has 2 aromatic carbocycles. The lowest BCUT2D eigenvalue weighted by molar-refractivity contribution is 0.591. The summed E-state index contributed by atoms with van der Waals surface area (Å²) in [5.74, 6) is 0.477. The van der Waals surface area contributed by atoms with Gasteiger partial charge in [0, 0.05) is 29.4 Å². The van der Waals surface area contributed by atoms with Crippen molar-refractivity contribution in [1.82, 2.24) is 4.57 Å². The number of fused-ring (bicyclic) bond motifs is 5. The van der Waals surface area contributed by atoms with Crippen LogP contribution in [-0.4, -0.2) is 4.57 Å². The van der Waals surface area contributed by atoms with E-state index in [1.165, 1.54) is 38.9 Å². The molecule has 1 unspecified atom stereocenters. The third kappa shape index (κ3) is 1.65. The first-order chi connectivity index (χ1) is 10.4. The number of benzene rings is 2. The molecular formula is C21H23N. The van der Waals surface area contributed by atoms with Crippen molar-refractivity contribution >= 4 is 10.9 Å². The summed E-state index contributed by atoms with van der Waals surface area (Å²) in [5.41, 5.74) is 8.73. The van der Waals surface area contributed by atoms with Crippen molar-refractivity contribution in [3.8, 4) is 11.3 Å². The molecule has 0 radical (unpaired) electrons. The summed E-state index contributed by atoms with van der Waals surface area (Å²) in [6, 6.07) is 15.8. The normalized spacial score (nSPS) is 16.9. The minimum atomic E-state index is 0.186. The number of nitrogens with zero attached hydrogens (tertiary/aromatic N) is 1. The van der Waals surface area contributed by atoms with Gasteiger partial charge in [-0.1, -0.05) is 58.0 Å². The predicted octanol–water partition coefficient (Wildman–Crippen LogP) is 5.61. The van der Waals surface area contributed by atoms with Crippen LogP contribution in [0.5, 0.6) is 0 Å². The van der Waals surface area contributed by atoms with Gasteiger partial charge in [-0.2, -0.15) is 0 Å². The van der Waals surface area contributed by atoms with Crippen LogP contribution in [0.25, 0.3) is 22.2 Å². The third-order valence-corrected chi connectivity index (χ3v) is 5.22. The average molecular weight is 289 g/mol. The fraction of sp³-hybridized carbons (Fsp3) is 0.333. The summed E-state index contributed by atoms with van der Waals surface area (Å²) in [6.45, 7) is 9.20. The molecule has 1 aliphatic rings. The Hall–Kier alpha value is -2.02. The Bertz CT molecular complexity index is 890. The smallest absolute Gasteiger partial charge is 0.0530 e. The van der Waals surface area contributed by atoms with Crippen LogP contribution in [0.15, 0.2) is 42.5 Å². The lowest BCUT2D eigenvalue weighted by Crippen LogP contribution is -2.10. The van der Waals surface area contributed by atoms with Gasteiger partial charge < -0.3 is 4.57 Å². The van der Waals surface area contributed by atoms with E-state index in [0.29, 0.717) is 5.92 Å². The molecule has 1 atom stereocenters. The van der Waals surface area contributed by atoms with Crippen molar-refractivity contribution in [3.05, 3.63) is 59.2 Å². The van der Waals surface area contributed by atoms with E-state index < -0.39 is 0 Å². The minimum absolute atomic E-state index is 0.186. The predicted molar refractivity (Wildman–Crippen MR) is 94.6 cm³/mol. The summed E-state index contributed by atoms with van der Waals surface area (Å²) in [4.78, 5) is 0. The first-order valence-corrected chi connectivity index (χ1v) is 8.11. The summed E-state index contributed by atoms with van der Waals surface area (Å²) < 4.78 is 2.37. The largest absolute Gasteiger partial charge is 0.343 e. The van der Waals surface area contributed by atoms with Gasteiger partial charge in [-0.25, -0.2) is 0 Å². The first-order valence-electron chi connectivity index (χ1n) is 8.11. The topological polar surface area (TPSA) is 4.93 Å². The molecule has 22 heavy (non-hydrogen) atoms. The number of hydrogen-bond donors (Lipinski definition) is 0. The van der Waals surface area contributed by atoms with Crippen molar-refractivity contribution in [3.63, 3.8) is 0 Å². The van der Waals surface area contributed by atoms with Crippen LogP contribution < -0.4 is 0 Å². The van der Waals surface area contributed by atoms with Crippen LogP contribution in [-0.2, 0) is 12.5 Å². The van der Waals surface area contributed by atoms with Gasteiger partial charge in [0.1, 0.15) is 0 Å². The van der Waals surface area contributed by atoms with Gasteiger partial charge in [-0.15, -0.1) is 0 Å². The lowest BCUT2D eigenvalue weighted by Gasteiger charge is -2.19. The second-order valence-electron chi connectivity index (χ2n) is 7.61. The maximum absolute atomic E-state index is 2.41. The molecule has 0 saturated heterocycles. The van der Waals surface area contributed by atoms with Gasteiger partial charge in [-0.05, 0) is 34.2 Å². The van der Waals surface area contributed by atoms with E-state index in [4.69, 9.17) is 0 Å². The van der Waals surface area contributed by atoms with Crippen molar-refractivity contribution in [2.75, 3.05) is 0 Å². The van der Waals surface area contributed by atoms with E-state index in [1.54, 1.807) is 0 Å². The van der Waals surface area contributed by atoms with Gasteiger partial charge in [0.2, 0.25) is 0 Å². The maximum atomic E-state index is 2.41. The molecule has 1 heterocycles. The highest BCUT2D eigenvalue weighted by molar-refractivity contribution is 5.96. The molecule has 0 fully saturated rings. The monoisotopic (exact) mass is 289 g/mol. The number of aryl methyl sites for hydroxylation is 1. The number of hydrogen-bond acceptors (Lipinski definition) is 0. The van der Waals surface area contributed by atoms with Crippen LogP contribution in [0.2, 0.25) is 0 Å². The Kier molecular flexibility index (Phi) is 2.64. The Morgan fingerprint density at radius 2 is 1.73 bits per heavy atom. The van der Waals surface area contributed by atoms with E-state index in [-0.39, 0.29) is 5.41 Å². The second-order valence-corrected chi connectivity index (χ2v) is 7.61. The van der Waals surface area contributed by atoms with Crippen LogP contribution >= 0.6 is 0 Å². The van der Waals surface area contributed by atoms with Crippen LogP contribution in [0.4, 0.5) is 0 Å². The van der Waals surface area contributed by atoms with E-state index in [1.807, 2.05) is 0 Å². The molecule has 0 bridgehead atoms. The Morgan fingerprint density at radius 3 is 2.45 bits per heavy atom. The van der Waals surface area contributed by atoms with Gasteiger partial charge >= 0.3 is 0 Å². The standard InChI is InChI=1S/C21H23N/c1-13-15-8-6-7-9-16(15)20-19(13)17-12-14(21(2,3)4)10-11-18(17)22(20)5/h6-13H,1-5H3. The molecule has 0 amide bonds. The average Bonchev–Trinajstić information content (AvgIpc) is 2.94. The molecule has 1 nitrogen and oxygen atoms in total. The molecule has 0 N–H and O–H groups in total. The Balaban J connectivity index is 2.08. The zero-order valence-corrected chi connectivity index (χ0v) is 14.1. The Morgan fingerprint density at radius 1 is 1.00 bits per heavy atom. The molecule has 3 aromatic rings. The summed E-state index contributed by atoms with van der Waals surface area (Å²) in [7, 11) is 2.20. The second kappa shape index (κ2) is 4.25. The summed E-state index contributed by atoms with van der Waals surface area (Å²) in [5, 5.41) is 1.42. The Labute approximate surface area is 132 Å². The quantitative estimate of drug-likeness (QED) is 0.507. The molecular weight excluding hydrogens is 266 g/mol. The van der Waals surface area contributed by atoms with E-state index >= 15 is 0 Å². The molecule has 0 aliphatic heterocycles. The molecule has 1 aliphatic carbocycles. The fourth-order valence-corrected chi connectivity index (χ4v) is 3.95. The number of aromatic nitrogens is 1. The SMILES string of the molecule is CC1c2ccccc2-c2c1c1cc(C(C)(C)C)ccc1n2C. The van der Waals surface area contributed by atoms with Crippen LogP contribution in [0, 0.1) is 0 Å². The fourth-order valence-electron chi connectivity index (χ4n) is 3.95. The van der Waals surface area contributed by atoms with Gasteiger partial charge in [0.15, 0.2) is 0 Å². The van der Waals surface area contributed by atoms with Crippen LogP contribution in [0.3, 0.4) is 0 Å². The van der Waals surface area contributed by atoms with Crippen molar-refractivity contribution in [1.29, 1.82) is 0 Å². The van der Waals surface area contributed by atoms with Crippen molar-refractivity contribution in [2.45, 2.75) is 39.0 Å². The molecule has 4 rings (SSSR count). The highest BCUT2D eigenvalue weighted by atomic mass is 15.0. The molecule has 0 spiro atoms.